The number of aryl methyl sites for hydroxylation is 1. The molecule has 1 amide bonds. The fourth-order valence-electron chi connectivity index (χ4n) is 2.65. The van der Waals surface area contributed by atoms with Gasteiger partial charge in [0.1, 0.15) is 6.33 Å². The highest BCUT2D eigenvalue weighted by molar-refractivity contribution is 5.92. The van der Waals surface area contributed by atoms with Crippen molar-refractivity contribution in [1.82, 2.24) is 40.4 Å². The predicted molar refractivity (Wildman–Crippen MR) is 95.7 cm³/mol. The first-order chi connectivity index (χ1) is 13.2. The lowest BCUT2D eigenvalue weighted by molar-refractivity contribution is -0.115. The second-order valence-corrected chi connectivity index (χ2v) is 5.85. The molecule has 1 N–H and O–H groups in total. The van der Waals surface area contributed by atoms with Crippen molar-refractivity contribution in [2.24, 2.45) is 7.05 Å². The summed E-state index contributed by atoms with van der Waals surface area (Å²) < 4.78 is 3.13. The summed E-state index contributed by atoms with van der Waals surface area (Å²) in [5.74, 6) is 0.516. The number of rotatable bonds is 5. The van der Waals surface area contributed by atoms with Crippen LogP contribution in [0.25, 0.3) is 17.1 Å². The number of tetrazole rings is 2. The van der Waals surface area contributed by atoms with Crippen molar-refractivity contribution < 1.29 is 4.79 Å². The van der Waals surface area contributed by atoms with Crippen molar-refractivity contribution in [2.75, 3.05) is 5.32 Å². The van der Waals surface area contributed by atoms with E-state index in [1.165, 1.54) is 6.33 Å². The predicted octanol–water partition coefficient (Wildman–Crippen LogP) is 1.03. The zero-order valence-corrected chi connectivity index (χ0v) is 14.4. The molecule has 2 aromatic heterocycles. The second-order valence-electron chi connectivity index (χ2n) is 5.85. The molecule has 0 aliphatic heterocycles. The summed E-state index contributed by atoms with van der Waals surface area (Å²) in [6.07, 6.45) is 1.77. The standard InChI is InChI=1S/C17H15N9O/c1-25-17(20-22-23-25)13-3-2-4-14(10-13)19-16(27)9-12-5-7-15(8-6-12)26-11-18-21-24-26/h2-8,10-11H,9H2,1H3,(H,19,27). The Kier molecular flexibility index (Phi) is 4.35. The molecule has 0 fully saturated rings. The van der Waals surface area contributed by atoms with Crippen LogP contribution in [0.1, 0.15) is 5.56 Å². The maximum absolute atomic E-state index is 12.4. The quantitative estimate of drug-likeness (QED) is 0.564. The fourth-order valence-corrected chi connectivity index (χ4v) is 2.65. The summed E-state index contributed by atoms with van der Waals surface area (Å²) in [7, 11) is 1.76. The molecule has 134 valence electrons. The third kappa shape index (κ3) is 3.68. The molecule has 2 aromatic carbocycles. The van der Waals surface area contributed by atoms with Crippen LogP contribution in [0.5, 0.6) is 0 Å². The van der Waals surface area contributed by atoms with E-state index in [-0.39, 0.29) is 12.3 Å². The van der Waals surface area contributed by atoms with Gasteiger partial charge in [0.2, 0.25) is 5.91 Å². The van der Waals surface area contributed by atoms with Gasteiger partial charge in [0.25, 0.3) is 0 Å². The number of hydrogen-bond acceptors (Lipinski definition) is 7. The van der Waals surface area contributed by atoms with Gasteiger partial charge in [-0.05, 0) is 50.7 Å². The smallest absolute Gasteiger partial charge is 0.228 e. The van der Waals surface area contributed by atoms with E-state index in [0.717, 1.165) is 16.8 Å². The molecule has 10 nitrogen and oxygen atoms in total. The monoisotopic (exact) mass is 361 g/mol. The van der Waals surface area contributed by atoms with Crippen LogP contribution in [0.3, 0.4) is 0 Å². The summed E-state index contributed by atoms with van der Waals surface area (Å²) in [6, 6.07) is 14.9. The van der Waals surface area contributed by atoms with Crippen LogP contribution in [0.4, 0.5) is 5.69 Å². The van der Waals surface area contributed by atoms with E-state index in [0.29, 0.717) is 11.5 Å². The highest BCUT2D eigenvalue weighted by atomic mass is 16.1. The minimum absolute atomic E-state index is 0.113. The van der Waals surface area contributed by atoms with E-state index in [4.69, 9.17) is 0 Å². The van der Waals surface area contributed by atoms with E-state index < -0.39 is 0 Å². The van der Waals surface area contributed by atoms with Gasteiger partial charge in [-0.1, -0.05) is 24.3 Å². The van der Waals surface area contributed by atoms with E-state index >= 15 is 0 Å². The largest absolute Gasteiger partial charge is 0.326 e. The Bertz CT molecular complexity index is 1050. The fraction of sp³-hybridized carbons (Fsp3) is 0.118. The molecular formula is C17H15N9O. The van der Waals surface area contributed by atoms with Gasteiger partial charge in [-0.3, -0.25) is 4.79 Å². The summed E-state index contributed by atoms with van der Waals surface area (Å²) in [5, 5.41) is 25.4. The van der Waals surface area contributed by atoms with Crippen molar-refractivity contribution >= 4 is 11.6 Å². The van der Waals surface area contributed by atoms with Gasteiger partial charge in [0, 0.05) is 18.3 Å². The van der Waals surface area contributed by atoms with Crippen molar-refractivity contribution in [1.29, 1.82) is 0 Å². The van der Waals surface area contributed by atoms with Gasteiger partial charge in [-0.2, -0.15) is 0 Å². The van der Waals surface area contributed by atoms with Gasteiger partial charge in [0.15, 0.2) is 5.82 Å². The molecule has 0 aliphatic rings. The maximum atomic E-state index is 12.4. The molecule has 0 atom stereocenters. The number of carbonyl (C=O) groups is 1. The van der Waals surface area contributed by atoms with Crippen molar-refractivity contribution in [3.8, 4) is 17.1 Å². The molecule has 0 unspecified atom stereocenters. The molecule has 0 spiro atoms. The van der Waals surface area contributed by atoms with Crippen molar-refractivity contribution in [2.45, 2.75) is 6.42 Å². The molecule has 0 bridgehead atoms. The van der Waals surface area contributed by atoms with Crippen LogP contribution >= 0.6 is 0 Å². The molecule has 2 heterocycles. The van der Waals surface area contributed by atoms with Crippen LogP contribution in [0.15, 0.2) is 54.9 Å². The molecule has 0 saturated heterocycles. The third-order valence-corrected chi connectivity index (χ3v) is 3.94. The Morgan fingerprint density at radius 1 is 1.07 bits per heavy atom. The lowest BCUT2D eigenvalue weighted by Gasteiger charge is -2.08. The highest BCUT2D eigenvalue weighted by Crippen LogP contribution is 2.19. The normalized spacial score (nSPS) is 10.7. The number of benzene rings is 2. The van der Waals surface area contributed by atoms with Crippen molar-refractivity contribution in [3.63, 3.8) is 0 Å². The first-order valence-electron chi connectivity index (χ1n) is 8.14. The second kappa shape index (κ2) is 7.12. The van der Waals surface area contributed by atoms with Crippen LogP contribution in [-0.2, 0) is 18.3 Å². The van der Waals surface area contributed by atoms with Gasteiger partial charge in [0.05, 0.1) is 12.1 Å². The van der Waals surface area contributed by atoms with Gasteiger partial charge in [-0.25, -0.2) is 9.36 Å². The third-order valence-electron chi connectivity index (χ3n) is 3.94. The lowest BCUT2D eigenvalue weighted by atomic mass is 10.1. The van der Waals surface area contributed by atoms with Gasteiger partial charge < -0.3 is 5.32 Å². The molecule has 4 aromatic rings. The molecule has 27 heavy (non-hydrogen) atoms. The lowest BCUT2D eigenvalue weighted by Crippen LogP contribution is -2.14. The zero-order chi connectivity index (χ0) is 18.6. The molecule has 0 saturated carbocycles. The Morgan fingerprint density at radius 2 is 1.93 bits per heavy atom. The molecular weight excluding hydrogens is 346 g/mol. The SMILES string of the molecule is Cn1nnnc1-c1cccc(NC(=O)Cc2ccc(-n3cnnn3)cc2)c1. The molecule has 4 rings (SSSR count). The average Bonchev–Trinajstić information content (AvgIpc) is 3.34. The van der Waals surface area contributed by atoms with E-state index in [2.05, 4.69) is 36.4 Å². The number of hydrogen-bond donors (Lipinski definition) is 1. The van der Waals surface area contributed by atoms with Crippen LogP contribution in [0, 0.1) is 0 Å². The number of nitrogens with zero attached hydrogens (tertiary/aromatic N) is 8. The molecule has 0 radical (unpaired) electrons. The van der Waals surface area contributed by atoms with Crippen LogP contribution < -0.4 is 5.32 Å². The summed E-state index contributed by atoms with van der Waals surface area (Å²) >= 11 is 0. The molecule has 10 heteroatoms. The van der Waals surface area contributed by atoms with Crippen LogP contribution in [0.2, 0.25) is 0 Å². The highest BCUT2D eigenvalue weighted by Gasteiger charge is 2.09. The number of anilines is 1. The van der Waals surface area contributed by atoms with Gasteiger partial charge in [-0.15, -0.1) is 10.2 Å². The zero-order valence-electron chi connectivity index (χ0n) is 14.4. The minimum atomic E-state index is -0.113. The van der Waals surface area contributed by atoms with E-state index in [1.54, 1.807) is 16.4 Å². The summed E-state index contributed by atoms with van der Waals surface area (Å²) in [6.45, 7) is 0. The number of carbonyl (C=O) groups excluding carboxylic acids is 1. The Balaban J connectivity index is 1.43. The minimum Gasteiger partial charge on any atom is -0.326 e. The first kappa shape index (κ1) is 16.5. The Morgan fingerprint density at radius 3 is 2.63 bits per heavy atom. The number of nitrogens with one attached hydrogen (secondary N) is 1. The first-order valence-corrected chi connectivity index (χ1v) is 8.14. The number of aromatic nitrogens is 8. The Labute approximate surface area is 153 Å². The van der Waals surface area contributed by atoms with Crippen molar-refractivity contribution in [3.05, 3.63) is 60.4 Å². The van der Waals surface area contributed by atoms with E-state index in [9.17, 15) is 4.79 Å². The number of amides is 1. The summed E-state index contributed by atoms with van der Waals surface area (Å²) in [5.41, 5.74) is 3.23. The summed E-state index contributed by atoms with van der Waals surface area (Å²) in [4.78, 5) is 12.4. The van der Waals surface area contributed by atoms with E-state index in [1.807, 2.05) is 48.5 Å². The maximum Gasteiger partial charge on any atom is 0.228 e. The average molecular weight is 361 g/mol. The topological polar surface area (TPSA) is 116 Å². The van der Waals surface area contributed by atoms with Crippen LogP contribution in [-0.4, -0.2) is 46.3 Å². The Hall–Kier alpha value is -3.95. The molecule has 0 aliphatic carbocycles. The van der Waals surface area contributed by atoms with Gasteiger partial charge >= 0.3 is 0 Å².